The monoisotopic (exact) mass is 407 g/mol. The highest BCUT2D eigenvalue weighted by Gasteiger charge is 2.08. The van der Waals surface area contributed by atoms with Gasteiger partial charge in [-0.05, 0) is 55.5 Å². The third kappa shape index (κ3) is 4.44. The molecule has 2 aromatic carbocycles. The number of rotatable bonds is 6. The van der Waals surface area contributed by atoms with Crippen molar-refractivity contribution in [1.29, 1.82) is 0 Å². The molecule has 0 saturated carbocycles. The van der Waals surface area contributed by atoms with Crippen molar-refractivity contribution < 1.29 is 9.53 Å². The number of aryl methyl sites for hydroxylation is 1. The maximum absolute atomic E-state index is 12.5. The predicted octanol–water partition coefficient (Wildman–Crippen LogP) is 5.41. The fourth-order valence-corrected chi connectivity index (χ4v) is 3.84. The molecule has 0 aliphatic rings. The van der Waals surface area contributed by atoms with Gasteiger partial charge >= 0.3 is 0 Å². The number of thiazole rings is 2. The standard InChI is InChI=1S/C21H17N3O2S2/c1-14-23-18(13-28-14)12-26-19-8-4-15(5-9-19)20(25)24-17-6-2-16(3-7-17)21-22-10-11-27-21/h2-11,13H,12H2,1H3,(H,24,25). The molecule has 7 heteroatoms. The molecule has 0 fully saturated rings. The molecular formula is C21H17N3O2S2. The Hall–Kier alpha value is -3.03. The van der Waals surface area contributed by atoms with Crippen molar-refractivity contribution >= 4 is 34.3 Å². The third-order valence-electron chi connectivity index (χ3n) is 3.99. The lowest BCUT2D eigenvalue weighted by Gasteiger charge is -2.08. The van der Waals surface area contributed by atoms with E-state index in [-0.39, 0.29) is 5.91 Å². The Morgan fingerprint density at radius 3 is 2.50 bits per heavy atom. The predicted molar refractivity (Wildman–Crippen MR) is 113 cm³/mol. The molecule has 1 N–H and O–H groups in total. The lowest BCUT2D eigenvalue weighted by atomic mass is 10.2. The van der Waals surface area contributed by atoms with E-state index in [2.05, 4.69) is 15.3 Å². The van der Waals surface area contributed by atoms with Crippen LogP contribution in [0.5, 0.6) is 5.75 Å². The van der Waals surface area contributed by atoms with Crippen molar-refractivity contribution in [2.75, 3.05) is 5.32 Å². The highest BCUT2D eigenvalue weighted by atomic mass is 32.1. The Labute approximate surface area is 170 Å². The van der Waals surface area contributed by atoms with Gasteiger partial charge in [0, 0.05) is 33.8 Å². The maximum Gasteiger partial charge on any atom is 0.255 e. The zero-order valence-corrected chi connectivity index (χ0v) is 16.7. The van der Waals surface area contributed by atoms with Gasteiger partial charge in [-0.1, -0.05) is 0 Å². The Balaban J connectivity index is 1.35. The minimum absolute atomic E-state index is 0.163. The largest absolute Gasteiger partial charge is 0.487 e. The summed E-state index contributed by atoms with van der Waals surface area (Å²) in [6.07, 6.45) is 1.78. The Kier molecular flexibility index (Phi) is 5.45. The van der Waals surface area contributed by atoms with Crippen molar-refractivity contribution in [3.8, 4) is 16.3 Å². The van der Waals surface area contributed by atoms with Crippen LogP contribution in [0.4, 0.5) is 5.69 Å². The zero-order chi connectivity index (χ0) is 19.3. The SMILES string of the molecule is Cc1nc(COc2ccc(C(=O)Nc3ccc(-c4nccs4)cc3)cc2)cs1. The van der Waals surface area contributed by atoms with Gasteiger partial charge in [0.15, 0.2) is 0 Å². The number of nitrogens with zero attached hydrogens (tertiary/aromatic N) is 2. The van der Waals surface area contributed by atoms with Crippen LogP contribution in [0, 0.1) is 6.92 Å². The number of hydrogen-bond acceptors (Lipinski definition) is 6. The van der Waals surface area contributed by atoms with Gasteiger partial charge in [0.05, 0.1) is 10.7 Å². The molecular weight excluding hydrogens is 390 g/mol. The third-order valence-corrected chi connectivity index (χ3v) is 5.64. The summed E-state index contributed by atoms with van der Waals surface area (Å²) in [5, 5.41) is 8.81. The molecule has 1 amide bonds. The van der Waals surface area contributed by atoms with Gasteiger partial charge < -0.3 is 10.1 Å². The highest BCUT2D eigenvalue weighted by Crippen LogP contribution is 2.23. The molecule has 0 radical (unpaired) electrons. The van der Waals surface area contributed by atoms with Gasteiger partial charge in [-0.15, -0.1) is 22.7 Å². The second-order valence-electron chi connectivity index (χ2n) is 6.04. The van der Waals surface area contributed by atoms with Gasteiger partial charge in [0.25, 0.3) is 5.91 Å². The number of hydrogen-bond donors (Lipinski definition) is 1. The second kappa shape index (κ2) is 8.33. The smallest absolute Gasteiger partial charge is 0.255 e. The highest BCUT2D eigenvalue weighted by molar-refractivity contribution is 7.13. The summed E-state index contributed by atoms with van der Waals surface area (Å²) in [5.74, 6) is 0.540. The van der Waals surface area contributed by atoms with E-state index in [0.29, 0.717) is 17.9 Å². The summed E-state index contributed by atoms with van der Waals surface area (Å²) in [5.41, 5.74) is 3.25. The Morgan fingerprint density at radius 1 is 1.07 bits per heavy atom. The molecule has 2 heterocycles. The molecule has 0 bridgehead atoms. The number of carbonyl (C=O) groups is 1. The molecule has 28 heavy (non-hydrogen) atoms. The average molecular weight is 408 g/mol. The van der Waals surface area contributed by atoms with E-state index in [1.807, 2.05) is 41.9 Å². The molecule has 0 atom stereocenters. The van der Waals surface area contributed by atoms with E-state index in [0.717, 1.165) is 27.0 Å². The van der Waals surface area contributed by atoms with Gasteiger partial charge in [-0.2, -0.15) is 0 Å². The van der Waals surface area contributed by atoms with E-state index >= 15 is 0 Å². The van der Waals surface area contributed by atoms with Gasteiger partial charge in [-0.25, -0.2) is 9.97 Å². The van der Waals surface area contributed by atoms with Gasteiger partial charge in [0.2, 0.25) is 0 Å². The number of aromatic nitrogens is 2. The lowest BCUT2D eigenvalue weighted by Crippen LogP contribution is -2.11. The van der Waals surface area contributed by atoms with Crippen molar-refractivity contribution in [1.82, 2.24) is 9.97 Å². The van der Waals surface area contributed by atoms with Crippen LogP contribution in [0.2, 0.25) is 0 Å². The quantitative estimate of drug-likeness (QED) is 0.464. The van der Waals surface area contributed by atoms with Crippen LogP contribution in [0.3, 0.4) is 0 Å². The lowest BCUT2D eigenvalue weighted by molar-refractivity contribution is 0.102. The summed E-state index contributed by atoms with van der Waals surface area (Å²) in [4.78, 5) is 21.1. The summed E-state index contributed by atoms with van der Waals surface area (Å²) in [6, 6.07) is 14.7. The van der Waals surface area contributed by atoms with Crippen LogP contribution in [-0.2, 0) is 6.61 Å². The summed E-state index contributed by atoms with van der Waals surface area (Å²) < 4.78 is 5.71. The van der Waals surface area contributed by atoms with E-state index in [9.17, 15) is 4.79 Å². The van der Waals surface area contributed by atoms with Crippen LogP contribution >= 0.6 is 22.7 Å². The summed E-state index contributed by atoms with van der Waals surface area (Å²) in [6.45, 7) is 2.38. The van der Waals surface area contributed by atoms with Crippen LogP contribution in [0.1, 0.15) is 21.1 Å². The summed E-state index contributed by atoms with van der Waals surface area (Å²) in [7, 11) is 0. The molecule has 2 aromatic heterocycles. The Bertz CT molecular complexity index is 1060. The van der Waals surface area contributed by atoms with Crippen LogP contribution < -0.4 is 10.1 Å². The number of carbonyl (C=O) groups excluding carboxylic acids is 1. The molecule has 4 aromatic rings. The first-order chi connectivity index (χ1) is 13.7. The van der Waals surface area contributed by atoms with E-state index in [4.69, 9.17) is 4.74 Å². The number of nitrogens with one attached hydrogen (secondary N) is 1. The molecule has 0 saturated heterocycles. The van der Waals surface area contributed by atoms with E-state index in [1.54, 1.807) is 53.1 Å². The molecule has 4 rings (SSSR count). The maximum atomic E-state index is 12.5. The first-order valence-electron chi connectivity index (χ1n) is 8.62. The van der Waals surface area contributed by atoms with Crippen LogP contribution in [0.25, 0.3) is 10.6 Å². The molecule has 0 unspecified atom stereocenters. The fraction of sp³-hybridized carbons (Fsp3) is 0.0952. The van der Waals surface area contributed by atoms with Crippen LogP contribution in [0.15, 0.2) is 65.5 Å². The van der Waals surface area contributed by atoms with Gasteiger partial charge in [-0.3, -0.25) is 4.79 Å². The van der Waals surface area contributed by atoms with Crippen molar-refractivity contribution in [3.05, 3.63) is 81.8 Å². The normalized spacial score (nSPS) is 10.6. The molecule has 0 aliphatic carbocycles. The minimum Gasteiger partial charge on any atom is -0.487 e. The molecule has 0 spiro atoms. The van der Waals surface area contributed by atoms with Crippen molar-refractivity contribution in [2.24, 2.45) is 0 Å². The second-order valence-corrected chi connectivity index (χ2v) is 8.00. The summed E-state index contributed by atoms with van der Waals surface area (Å²) >= 11 is 3.18. The average Bonchev–Trinajstić information content (AvgIpc) is 3.39. The zero-order valence-electron chi connectivity index (χ0n) is 15.1. The molecule has 5 nitrogen and oxygen atoms in total. The van der Waals surface area contributed by atoms with Gasteiger partial charge in [0.1, 0.15) is 17.4 Å². The van der Waals surface area contributed by atoms with E-state index in [1.165, 1.54) is 0 Å². The van der Waals surface area contributed by atoms with E-state index < -0.39 is 0 Å². The first kappa shape index (κ1) is 18.3. The number of amides is 1. The minimum atomic E-state index is -0.163. The Morgan fingerprint density at radius 2 is 1.86 bits per heavy atom. The molecule has 140 valence electrons. The van der Waals surface area contributed by atoms with Crippen LogP contribution in [-0.4, -0.2) is 15.9 Å². The first-order valence-corrected chi connectivity index (χ1v) is 10.4. The van der Waals surface area contributed by atoms with Crippen molar-refractivity contribution in [3.63, 3.8) is 0 Å². The molecule has 0 aliphatic heterocycles. The van der Waals surface area contributed by atoms with Crippen molar-refractivity contribution in [2.45, 2.75) is 13.5 Å². The number of anilines is 1. The number of benzene rings is 2. The topological polar surface area (TPSA) is 64.1 Å². The fourth-order valence-electron chi connectivity index (χ4n) is 2.60. The number of ether oxygens (including phenoxy) is 1.